The zero-order valence-corrected chi connectivity index (χ0v) is 18.5. The summed E-state index contributed by atoms with van der Waals surface area (Å²) in [6.07, 6.45) is 0. The van der Waals surface area contributed by atoms with Gasteiger partial charge in [0.25, 0.3) is 11.7 Å². The van der Waals surface area contributed by atoms with Gasteiger partial charge in [-0.2, -0.15) is 4.98 Å². The molecule has 0 saturated heterocycles. The number of hydrogen-bond donors (Lipinski definition) is 1. The minimum atomic E-state index is -0.175. The van der Waals surface area contributed by atoms with Crippen LogP contribution in [0.1, 0.15) is 27.3 Å². The molecule has 154 valence electrons. The number of carbonyl (C=O) groups is 1. The summed E-state index contributed by atoms with van der Waals surface area (Å²) in [5.41, 5.74) is 4.29. The first-order valence-corrected chi connectivity index (χ1v) is 11.5. The Bertz CT molecular complexity index is 1390. The number of benzene rings is 2. The van der Waals surface area contributed by atoms with Crippen molar-refractivity contribution in [2.75, 3.05) is 5.32 Å². The normalized spacial score (nSPS) is 11.3. The van der Waals surface area contributed by atoms with Gasteiger partial charge in [0.2, 0.25) is 5.16 Å². The van der Waals surface area contributed by atoms with Gasteiger partial charge in [-0.1, -0.05) is 53.4 Å². The van der Waals surface area contributed by atoms with Crippen molar-refractivity contribution in [1.29, 1.82) is 0 Å². The van der Waals surface area contributed by atoms with Crippen LogP contribution in [-0.4, -0.2) is 30.5 Å². The molecule has 0 aliphatic rings. The van der Waals surface area contributed by atoms with Crippen LogP contribution < -0.4 is 5.32 Å². The van der Waals surface area contributed by atoms with E-state index in [0.717, 1.165) is 27.2 Å². The van der Waals surface area contributed by atoms with E-state index in [1.807, 2.05) is 68.4 Å². The van der Waals surface area contributed by atoms with Crippen LogP contribution in [-0.2, 0) is 5.75 Å². The van der Waals surface area contributed by atoms with E-state index in [-0.39, 0.29) is 5.91 Å². The SMILES string of the molecule is Cc1cc(C)n2nc(SCc3ccccc3C(=O)Nc3nc4ccccc4s3)nc2n1. The van der Waals surface area contributed by atoms with E-state index in [1.54, 1.807) is 4.52 Å². The molecule has 3 heterocycles. The van der Waals surface area contributed by atoms with Crippen LogP contribution in [0.25, 0.3) is 16.0 Å². The Balaban J connectivity index is 1.35. The zero-order valence-electron chi connectivity index (χ0n) is 16.9. The summed E-state index contributed by atoms with van der Waals surface area (Å²) in [6, 6.07) is 17.4. The molecule has 2 aromatic carbocycles. The first-order chi connectivity index (χ1) is 15.1. The molecule has 0 fully saturated rings. The Morgan fingerprint density at radius 1 is 1.06 bits per heavy atom. The molecule has 0 bridgehead atoms. The number of nitrogens with one attached hydrogen (secondary N) is 1. The maximum atomic E-state index is 12.9. The molecular weight excluding hydrogens is 428 g/mol. The highest BCUT2D eigenvalue weighted by atomic mass is 32.2. The molecular formula is C22H18N6OS2. The highest BCUT2D eigenvalue weighted by molar-refractivity contribution is 7.98. The topological polar surface area (TPSA) is 85.1 Å². The third-order valence-electron chi connectivity index (χ3n) is 4.73. The van der Waals surface area contributed by atoms with Gasteiger partial charge in [-0.3, -0.25) is 10.1 Å². The fourth-order valence-corrected chi connectivity index (χ4v) is 4.99. The Labute approximate surface area is 186 Å². The molecule has 0 atom stereocenters. The lowest BCUT2D eigenvalue weighted by molar-refractivity contribution is 0.102. The van der Waals surface area contributed by atoms with Crippen molar-refractivity contribution in [2.45, 2.75) is 24.8 Å². The van der Waals surface area contributed by atoms with Crippen LogP contribution in [0, 0.1) is 13.8 Å². The Morgan fingerprint density at radius 3 is 2.74 bits per heavy atom. The number of aryl methyl sites for hydroxylation is 2. The number of rotatable bonds is 5. The van der Waals surface area contributed by atoms with Crippen LogP contribution in [0.3, 0.4) is 0 Å². The lowest BCUT2D eigenvalue weighted by Gasteiger charge is -2.07. The maximum absolute atomic E-state index is 12.9. The largest absolute Gasteiger partial charge is 0.298 e. The number of carbonyl (C=O) groups excluding carboxylic acids is 1. The second-order valence-corrected chi connectivity index (χ2v) is 9.00. The van der Waals surface area contributed by atoms with Crippen LogP contribution in [0.15, 0.2) is 59.8 Å². The molecule has 1 N–H and O–H groups in total. The molecule has 31 heavy (non-hydrogen) atoms. The molecule has 0 unspecified atom stereocenters. The Hall–Kier alpha value is -3.30. The minimum Gasteiger partial charge on any atom is -0.298 e. The number of para-hydroxylation sites is 1. The highest BCUT2D eigenvalue weighted by Crippen LogP contribution is 2.27. The van der Waals surface area contributed by atoms with E-state index in [4.69, 9.17) is 0 Å². The molecule has 7 nitrogen and oxygen atoms in total. The van der Waals surface area contributed by atoms with E-state index in [0.29, 0.717) is 27.4 Å². The van der Waals surface area contributed by atoms with Crippen LogP contribution >= 0.6 is 23.1 Å². The summed E-state index contributed by atoms with van der Waals surface area (Å²) in [5.74, 6) is 0.978. The van der Waals surface area contributed by atoms with Crippen LogP contribution in [0.5, 0.6) is 0 Å². The second-order valence-electron chi connectivity index (χ2n) is 7.03. The van der Waals surface area contributed by atoms with Gasteiger partial charge in [-0.25, -0.2) is 14.5 Å². The standard InChI is InChI=1S/C22H18N6OS2/c1-13-11-14(2)28-20(23-13)26-22(27-28)30-12-15-7-3-4-8-16(15)19(29)25-21-24-17-9-5-6-10-18(17)31-21/h3-11H,12H2,1-2H3,(H,24,25,29). The summed E-state index contributed by atoms with van der Waals surface area (Å²) in [5, 5.41) is 8.69. The van der Waals surface area contributed by atoms with Crippen molar-refractivity contribution in [3.05, 3.63) is 77.1 Å². The third kappa shape index (κ3) is 4.01. The molecule has 9 heteroatoms. The number of nitrogens with zero attached hydrogens (tertiary/aromatic N) is 5. The van der Waals surface area contributed by atoms with E-state index < -0.39 is 0 Å². The Morgan fingerprint density at radius 2 is 1.87 bits per heavy atom. The van der Waals surface area contributed by atoms with E-state index in [2.05, 4.69) is 25.4 Å². The molecule has 1 amide bonds. The van der Waals surface area contributed by atoms with E-state index in [9.17, 15) is 4.79 Å². The number of amides is 1. The van der Waals surface area contributed by atoms with Gasteiger partial charge in [-0.15, -0.1) is 5.10 Å². The number of thioether (sulfide) groups is 1. The van der Waals surface area contributed by atoms with Gasteiger partial charge >= 0.3 is 0 Å². The van der Waals surface area contributed by atoms with Crippen molar-refractivity contribution in [3.63, 3.8) is 0 Å². The third-order valence-corrected chi connectivity index (χ3v) is 6.57. The monoisotopic (exact) mass is 446 g/mol. The minimum absolute atomic E-state index is 0.175. The maximum Gasteiger partial charge on any atom is 0.257 e. The highest BCUT2D eigenvalue weighted by Gasteiger charge is 2.15. The van der Waals surface area contributed by atoms with Crippen LogP contribution in [0.4, 0.5) is 5.13 Å². The second kappa shape index (κ2) is 8.09. The van der Waals surface area contributed by atoms with Gasteiger partial charge in [0.1, 0.15) is 0 Å². The molecule has 5 rings (SSSR count). The molecule has 5 aromatic rings. The van der Waals surface area contributed by atoms with Crippen molar-refractivity contribution < 1.29 is 4.79 Å². The summed E-state index contributed by atoms with van der Waals surface area (Å²) in [6.45, 7) is 3.92. The van der Waals surface area contributed by atoms with Crippen molar-refractivity contribution in [2.24, 2.45) is 0 Å². The molecule has 3 aromatic heterocycles. The first kappa shape index (κ1) is 19.7. The van der Waals surface area contributed by atoms with Crippen molar-refractivity contribution in [1.82, 2.24) is 24.6 Å². The lowest BCUT2D eigenvalue weighted by Crippen LogP contribution is -2.13. The number of fused-ring (bicyclic) bond motifs is 2. The van der Waals surface area contributed by atoms with E-state index >= 15 is 0 Å². The number of thiazole rings is 1. The number of hydrogen-bond acceptors (Lipinski definition) is 7. The fraction of sp³-hybridized carbons (Fsp3) is 0.136. The quantitative estimate of drug-likeness (QED) is 0.387. The summed E-state index contributed by atoms with van der Waals surface area (Å²) >= 11 is 2.94. The molecule has 0 saturated carbocycles. The average Bonchev–Trinajstić information content (AvgIpc) is 3.35. The van der Waals surface area contributed by atoms with Gasteiger partial charge < -0.3 is 0 Å². The summed E-state index contributed by atoms with van der Waals surface area (Å²) in [4.78, 5) is 26.4. The van der Waals surface area contributed by atoms with Gasteiger partial charge in [0.15, 0.2) is 5.13 Å². The van der Waals surface area contributed by atoms with Gasteiger partial charge in [-0.05, 0) is 43.7 Å². The predicted molar refractivity (Wildman–Crippen MR) is 124 cm³/mol. The molecule has 0 aliphatic carbocycles. The number of anilines is 1. The fourth-order valence-electron chi connectivity index (χ4n) is 3.31. The van der Waals surface area contributed by atoms with E-state index in [1.165, 1.54) is 23.1 Å². The molecule has 0 aliphatic heterocycles. The van der Waals surface area contributed by atoms with Gasteiger partial charge in [0.05, 0.1) is 10.2 Å². The van der Waals surface area contributed by atoms with Crippen molar-refractivity contribution >= 4 is 50.1 Å². The average molecular weight is 447 g/mol. The first-order valence-electron chi connectivity index (χ1n) is 9.65. The zero-order chi connectivity index (χ0) is 21.4. The predicted octanol–water partition coefficient (Wildman–Crippen LogP) is 4.90. The van der Waals surface area contributed by atoms with Crippen molar-refractivity contribution in [3.8, 4) is 0 Å². The number of aromatic nitrogens is 5. The summed E-state index contributed by atoms with van der Waals surface area (Å²) in [7, 11) is 0. The molecule has 0 radical (unpaired) electrons. The molecule has 0 spiro atoms. The lowest BCUT2D eigenvalue weighted by atomic mass is 10.1. The van der Waals surface area contributed by atoms with Crippen LogP contribution in [0.2, 0.25) is 0 Å². The van der Waals surface area contributed by atoms with Gasteiger partial charge in [0, 0.05) is 22.7 Å². The Kier molecular flexibility index (Phi) is 5.13. The summed E-state index contributed by atoms with van der Waals surface area (Å²) < 4.78 is 2.78. The smallest absolute Gasteiger partial charge is 0.257 e.